The molecule has 5 heteroatoms. The molecule has 2 unspecified atom stereocenters. The maximum absolute atomic E-state index is 12.1. The predicted octanol–water partition coefficient (Wildman–Crippen LogP) is 1.91. The molecule has 0 amide bonds. The lowest BCUT2D eigenvalue weighted by Crippen LogP contribution is -2.51. The number of likely N-dealkylation sites (N-methyl/N-ethyl adjacent to an activating group) is 1. The van der Waals surface area contributed by atoms with E-state index in [0.717, 1.165) is 12.8 Å². The Hall–Kier alpha value is -0.940. The molecule has 0 heterocycles. The molecule has 0 bridgehead atoms. The number of nitrogens with zero attached hydrogens (tertiary/aromatic N) is 1. The zero-order valence-corrected chi connectivity index (χ0v) is 16.1. The van der Waals surface area contributed by atoms with E-state index < -0.39 is 23.8 Å². The Morgan fingerprint density at radius 2 is 1.38 bits per heavy atom. The molecule has 0 aliphatic carbocycles. The first-order valence-electron chi connectivity index (χ1n) is 9.41. The van der Waals surface area contributed by atoms with Crippen LogP contribution in [0.2, 0.25) is 0 Å². The number of ketones is 1. The van der Waals surface area contributed by atoms with Crippen LogP contribution in [0.25, 0.3) is 0 Å². The summed E-state index contributed by atoms with van der Waals surface area (Å²) in [5.41, 5.74) is 0. The molecule has 0 aromatic rings. The smallest absolute Gasteiger partial charge is 0.144 e. The summed E-state index contributed by atoms with van der Waals surface area (Å²) in [6.45, 7) is 2.41. The highest BCUT2D eigenvalue weighted by atomic mass is 16.4. The van der Waals surface area contributed by atoms with E-state index in [1.807, 2.05) is 21.1 Å². The van der Waals surface area contributed by atoms with E-state index >= 15 is 0 Å². The molecule has 0 aromatic heterocycles. The van der Waals surface area contributed by atoms with Gasteiger partial charge in [0.2, 0.25) is 0 Å². The number of hydrogen-bond donors (Lipinski definition) is 1. The second-order valence-corrected chi connectivity index (χ2v) is 7.88. The molecule has 0 aliphatic rings. The molecule has 2 atom stereocenters. The maximum atomic E-state index is 12.1. The van der Waals surface area contributed by atoms with E-state index in [9.17, 15) is 19.8 Å². The number of carbonyl (C=O) groups is 2. The number of carboxylic acids is 1. The van der Waals surface area contributed by atoms with Gasteiger partial charge in [-0.15, -0.1) is 0 Å². The number of Topliss-reactive ketones (excluding diaryl/α,β-unsaturated/α-hetero) is 1. The van der Waals surface area contributed by atoms with Crippen molar-refractivity contribution in [3.63, 3.8) is 0 Å². The summed E-state index contributed by atoms with van der Waals surface area (Å²) >= 11 is 0. The standard InChI is InChI=1S/C19H37NO4/c1-5-6-7-8-9-10-11-12-13-14-16(21)18(19(23)24)17(22)15-20(2,3)4/h17-18,22H,5-15H2,1-4H3. The third kappa shape index (κ3) is 11.6. The van der Waals surface area contributed by atoms with Crippen molar-refractivity contribution in [1.82, 2.24) is 0 Å². The van der Waals surface area contributed by atoms with Gasteiger partial charge in [-0.25, -0.2) is 0 Å². The SMILES string of the molecule is CCCCCCCCCCCC(=O)C(C(=O)[O-])C(O)C[N+](C)(C)C. The number of aliphatic carboxylic acids is 1. The first kappa shape index (κ1) is 23.1. The summed E-state index contributed by atoms with van der Waals surface area (Å²) in [6.07, 6.45) is 9.25. The molecular weight excluding hydrogens is 306 g/mol. The van der Waals surface area contributed by atoms with Crippen LogP contribution in [0.15, 0.2) is 0 Å². The molecule has 142 valence electrons. The summed E-state index contributed by atoms with van der Waals surface area (Å²) < 4.78 is 0.399. The highest BCUT2D eigenvalue weighted by molar-refractivity contribution is 5.98. The van der Waals surface area contributed by atoms with E-state index in [1.54, 1.807) is 0 Å². The third-order valence-electron chi connectivity index (χ3n) is 4.25. The lowest BCUT2D eigenvalue weighted by atomic mass is 9.93. The van der Waals surface area contributed by atoms with Crippen LogP contribution in [-0.4, -0.2) is 55.1 Å². The number of hydrogen-bond acceptors (Lipinski definition) is 4. The van der Waals surface area contributed by atoms with Gasteiger partial charge in [0.05, 0.1) is 33.0 Å². The van der Waals surface area contributed by atoms with Gasteiger partial charge in [-0.2, -0.15) is 0 Å². The van der Waals surface area contributed by atoms with Crippen LogP contribution in [0.1, 0.15) is 71.1 Å². The summed E-state index contributed by atoms with van der Waals surface area (Å²) in [5.74, 6) is -3.27. The summed E-state index contributed by atoms with van der Waals surface area (Å²) in [5, 5.41) is 21.3. The highest BCUT2D eigenvalue weighted by Crippen LogP contribution is 2.15. The molecule has 0 radical (unpaired) electrons. The van der Waals surface area contributed by atoms with Crippen molar-refractivity contribution in [2.24, 2.45) is 5.92 Å². The molecule has 0 fully saturated rings. The Bertz CT molecular complexity index is 363. The molecule has 0 aromatic carbocycles. The topological polar surface area (TPSA) is 77.4 Å². The van der Waals surface area contributed by atoms with Crippen LogP contribution >= 0.6 is 0 Å². The van der Waals surface area contributed by atoms with Gasteiger partial charge in [0.1, 0.15) is 18.4 Å². The minimum atomic E-state index is -1.46. The van der Waals surface area contributed by atoms with Gasteiger partial charge in [0.25, 0.3) is 0 Å². The van der Waals surface area contributed by atoms with E-state index in [2.05, 4.69) is 6.92 Å². The van der Waals surface area contributed by atoms with Crippen molar-refractivity contribution in [3.05, 3.63) is 0 Å². The fraction of sp³-hybridized carbons (Fsp3) is 0.895. The first-order chi connectivity index (χ1) is 11.2. The molecule has 24 heavy (non-hydrogen) atoms. The van der Waals surface area contributed by atoms with Crippen molar-refractivity contribution >= 4 is 11.8 Å². The molecule has 0 saturated heterocycles. The fourth-order valence-electron chi connectivity index (χ4n) is 2.94. The normalized spacial score (nSPS) is 14.4. The fourth-order valence-corrected chi connectivity index (χ4v) is 2.94. The van der Waals surface area contributed by atoms with Crippen molar-refractivity contribution in [1.29, 1.82) is 0 Å². The molecule has 0 rings (SSSR count). The van der Waals surface area contributed by atoms with E-state index in [0.29, 0.717) is 10.9 Å². The highest BCUT2D eigenvalue weighted by Gasteiger charge is 2.31. The van der Waals surface area contributed by atoms with Gasteiger partial charge in [0, 0.05) is 6.42 Å². The van der Waals surface area contributed by atoms with Gasteiger partial charge < -0.3 is 19.5 Å². The zero-order valence-electron chi connectivity index (χ0n) is 16.1. The summed E-state index contributed by atoms with van der Waals surface area (Å²) in [4.78, 5) is 23.4. The number of unbranched alkanes of at least 4 members (excludes halogenated alkanes) is 8. The van der Waals surface area contributed by atoms with Gasteiger partial charge in [-0.1, -0.05) is 58.3 Å². The minimum absolute atomic E-state index is 0.210. The second-order valence-electron chi connectivity index (χ2n) is 7.88. The molecule has 0 aliphatic heterocycles. The monoisotopic (exact) mass is 343 g/mol. The molecule has 5 nitrogen and oxygen atoms in total. The average molecular weight is 344 g/mol. The number of rotatable bonds is 15. The number of aliphatic hydroxyl groups excluding tert-OH is 1. The van der Waals surface area contributed by atoms with Crippen LogP contribution in [0.3, 0.4) is 0 Å². The first-order valence-corrected chi connectivity index (χ1v) is 9.41. The molecule has 0 spiro atoms. The van der Waals surface area contributed by atoms with Crippen LogP contribution in [0.5, 0.6) is 0 Å². The second kappa shape index (κ2) is 12.4. The average Bonchev–Trinajstić information content (AvgIpc) is 2.43. The van der Waals surface area contributed by atoms with Gasteiger partial charge >= 0.3 is 0 Å². The van der Waals surface area contributed by atoms with E-state index in [4.69, 9.17) is 0 Å². The summed E-state index contributed by atoms with van der Waals surface area (Å²) in [6, 6.07) is 0. The number of carboxylic acid groups (broad SMARTS) is 1. The lowest BCUT2D eigenvalue weighted by molar-refractivity contribution is -0.873. The summed E-state index contributed by atoms with van der Waals surface area (Å²) in [7, 11) is 5.54. The van der Waals surface area contributed by atoms with Crippen LogP contribution in [-0.2, 0) is 9.59 Å². The van der Waals surface area contributed by atoms with E-state index in [-0.39, 0.29) is 13.0 Å². The van der Waals surface area contributed by atoms with Crippen molar-refractivity contribution in [3.8, 4) is 0 Å². The van der Waals surface area contributed by atoms with E-state index in [1.165, 1.54) is 38.5 Å². The van der Waals surface area contributed by atoms with Crippen LogP contribution in [0.4, 0.5) is 0 Å². The Labute approximate surface area is 147 Å². The number of quaternary nitrogens is 1. The Morgan fingerprint density at radius 1 is 0.917 bits per heavy atom. The Balaban J connectivity index is 4.02. The minimum Gasteiger partial charge on any atom is -0.549 e. The van der Waals surface area contributed by atoms with Crippen molar-refractivity contribution in [2.75, 3.05) is 27.7 Å². The van der Waals surface area contributed by atoms with Gasteiger partial charge in [-0.05, 0) is 6.42 Å². The lowest BCUT2D eigenvalue weighted by Gasteiger charge is -2.30. The van der Waals surface area contributed by atoms with Crippen LogP contribution < -0.4 is 5.11 Å². The third-order valence-corrected chi connectivity index (χ3v) is 4.25. The maximum Gasteiger partial charge on any atom is 0.144 e. The van der Waals surface area contributed by atoms with Gasteiger partial charge in [0.15, 0.2) is 0 Å². The molecular formula is C19H37NO4. The quantitative estimate of drug-likeness (QED) is 0.280. The predicted molar refractivity (Wildman–Crippen MR) is 94.3 cm³/mol. The zero-order chi connectivity index (χ0) is 18.6. The Kier molecular flexibility index (Phi) is 11.9. The van der Waals surface area contributed by atoms with Crippen molar-refractivity contribution < 1.29 is 24.3 Å². The van der Waals surface area contributed by atoms with Gasteiger partial charge in [-0.3, -0.25) is 4.79 Å². The number of carbonyl (C=O) groups excluding carboxylic acids is 2. The molecule has 0 saturated carbocycles. The largest absolute Gasteiger partial charge is 0.549 e. The Morgan fingerprint density at radius 3 is 1.79 bits per heavy atom. The van der Waals surface area contributed by atoms with Crippen molar-refractivity contribution in [2.45, 2.75) is 77.2 Å². The molecule has 1 N–H and O–H groups in total. The van der Waals surface area contributed by atoms with Crippen LogP contribution in [0, 0.1) is 5.92 Å². The number of aliphatic hydroxyl groups is 1.